The van der Waals surface area contributed by atoms with Gasteiger partial charge in [-0.2, -0.15) is 0 Å². The van der Waals surface area contributed by atoms with E-state index in [-0.39, 0.29) is 12.5 Å². The molecule has 0 fully saturated rings. The standard InChI is InChI=1S/C19H22FNO5/c1-12(9-10-22)18(13-3-8-17(23)16(20)11-13)26-19(24)21-14-4-6-15(25-2)7-5-14/h3-8,11-12,18,22-23H,9-10H2,1-2H3,(H,21,24)/t12-,18+/m1/s1. The van der Waals surface area contributed by atoms with Crippen molar-refractivity contribution in [3.63, 3.8) is 0 Å². The Kier molecular flexibility index (Phi) is 6.80. The quantitative estimate of drug-likeness (QED) is 0.695. The zero-order valence-corrected chi connectivity index (χ0v) is 14.6. The summed E-state index contributed by atoms with van der Waals surface area (Å²) in [6.45, 7) is 1.69. The molecule has 0 saturated carbocycles. The van der Waals surface area contributed by atoms with E-state index in [2.05, 4.69) is 5.32 Å². The molecule has 0 spiro atoms. The fraction of sp³-hybridized carbons (Fsp3) is 0.316. The average Bonchev–Trinajstić information content (AvgIpc) is 2.63. The number of halogens is 1. The summed E-state index contributed by atoms with van der Waals surface area (Å²) in [5.41, 5.74) is 0.910. The molecule has 0 radical (unpaired) electrons. The number of nitrogens with one attached hydrogen (secondary N) is 1. The number of benzene rings is 2. The second-order valence-corrected chi connectivity index (χ2v) is 5.88. The fourth-order valence-electron chi connectivity index (χ4n) is 2.50. The van der Waals surface area contributed by atoms with Gasteiger partial charge in [0, 0.05) is 12.3 Å². The molecule has 0 heterocycles. The molecule has 6 nitrogen and oxygen atoms in total. The van der Waals surface area contributed by atoms with Crippen molar-refractivity contribution in [2.75, 3.05) is 19.0 Å². The summed E-state index contributed by atoms with van der Waals surface area (Å²) >= 11 is 0. The topological polar surface area (TPSA) is 88.0 Å². The zero-order chi connectivity index (χ0) is 19.1. The van der Waals surface area contributed by atoms with E-state index in [0.717, 1.165) is 6.07 Å². The first-order chi connectivity index (χ1) is 12.4. The third-order valence-corrected chi connectivity index (χ3v) is 3.97. The van der Waals surface area contributed by atoms with Crippen LogP contribution in [0.3, 0.4) is 0 Å². The van der Waals surface area contributed by atoms with Crippen LogP contribution < -0.4 is 10.1 Å². The van der Waals surface area contributed by atoms with Gasteiger partial charge < -0.3 is 19.7 Å². The molecule has 0 bridgehead atoms. The van der Waals surface area contributed by atoms with Crippen LogP contribution in [0, 0.1) is 11.7 Å². The summed E-state index contributed by atoms with van der Waals surface area (Å²) in [5.74, 6) is -0.892. The van der Waals surface area contributed by atoms with E-state index in [9.17, 15) is 14.3 Å². The predicted octanol–water partition coefficient (Wildman–Crippen LogP) is 3.85. The third-order valence-electron chi connectivity index (χ3n) is 3.97. The van der Waals surface area contributed by atoms with Gasteiger partial charge in [-0.3, -0.25) is 5.32 Å². The van der Waals surface area contributed by atoms with Gasteiger partial charge in [0.2, 0.25) is 0 Å². The molecule has 0 saturated heterocycles. The van der Waals surface area contributed by atoms with E-state index in [1.165, 1.54) is 12.1 Å². The van der Waals surface area contributed by atoms with Crippen LogP contribution in [0.5, 0.6) is 11.5 Å². The highest BCUT2D eigenvalue weighted by molar-refractivity contribution is 5.84. The smallest absolute Gasteiger partial charge is 0.412 e. The van der Waals surface area contributed by atoms with Gasteiger partial charge in [-0.25, -0.2) is 9.18 Å². The maximum absolute atomic E-state index is 13.7. The van der Waals surface area contributed by atoms with Gasteiger partial charge in [-0.1, -0.05) is 13.0 Å². The number of hydrogen-bond donors (Lipinski definition) is 3. The monoisotopic (exact) mass is 363 g/mol. The van der Waals surface area contributed by atoms with Gasteiger partial charge in [0.15, 0.2) is 11.6 Å². The number of ether oxygens (including phenoxy) is 2. The van der Waals surface area contributed by atoms with Gasteiger partial charge in [-0.05, 0) is 54.3 Å². The van der Waals surface area contributed by atoms with Crippen LogP contribution in [-0.4, -0.2) is 30.0 Å². The number of methoxy groups -OCH3 is 1. The third kappa shape index (κ3) is 5.10. The molecule has 0 aliphatic rings. The molecule has 0 aromatic heterocycles. The highest BCUT2D eigenvalue weighted by Gasteiger charge is 2.24. The number of amides is 1. The normalized spacial score (nSPS) is 12.9. The van der Waals surface area contributed by atoms with Crippen molar-refractivity contribution in [3.8, 4) is 11.5 Å². The van der Waals surface area contributed by atoms with Crippen LogP contribution in [0.2, 0.25) is 0 Å². The second-order valence-electron chi connectivity index (χ2n) is 5.88. The molecule has 2 atom stereocenters. The van der Waals surface area contributed by atoms with Gasteiger partial charge in [-0.15, -0.1) is 0 Å². The molecule has 7 heteroatoms. The molecule has 0 aliphatic heterocycles. The number of phenolic OH excluding ortho intramolecular Hbond substituents is 1. The average molecular weight is 363 g/mol. The van der Waals surface area contributed by atoms with Crippen molar-refractivity contribution < 1.29 is 28.9 Å². The van der Waals surface area contributed by atoms with E-state index < -0.39 is 23.8 Å². The minimum absolute atomic E-state index is 0.0955. The number of aliphatic hydroxyl groups is 1. The van der Waals surface area contributed by atoms with E-state index >= 15 is 0 Å². The summed E-state index contributed by atoms with van der Waals surface area (Å²) in [7, 11) is 1.54. The number of hydrogen-bond acceptors (Lipinski definition) is 5. The Morgan fingerprint density at radius 1 is 1.23 bits per heavy atom. The van der Waals surface area contributed by atoms with Gasteiger partial charge in [0.25, 0.3) is 0 Å². The highest BCUT2D eigenvalue weighted by atomic mass is 19.1. The summed E-state index contributed by atoms with van der Waals surface area (Å²) in [6.07, 6.45) is -1.13. The molecule has 2 rings (SSSR count). The van der Waals surface area contributed by atoms with Crippen molar-refractivity contribution in [2.24, 2.45) is 5.92 Å². The largest absolute Gasteiger partial charge is 0.505 e. The van der Waals surface area contributed by atoms with Crippen molar-refractivity contribution in [1.29, 1.82) is 0 Å². The van der Waals surface area contributed by atoms with E-state index in [1.807, 2.05) is 0 Å². The number of rotatable bonds is 7. The molecule has 2 aromatic carbocycles. The Labute approximate surface area is 151 Å². The molecule has 140 valence electrons. The lowest BCUT2D eigenvalue weighted by Crippen LogP contribution is -2.22. The Morgan fingerprint density at radius 2 is 1.92 bits per heavy atom. The number of anilines is 1. The number of phenols is 1. The van der Waals surface area contributed by atoms with Crippen molar-refractivity contribution in [3.05, 3.63) is 53.8 Å². The maximum atomic E-state index is 13.7. The van der Waals surface area contributed by atoms with Crippen LogP contribution in [0.25, 0.3) is 0 Å². The fourth-order valence-corrected chi connectivity index (χ4v) is 2.50. The van der Waals surface area contributed by atoms with Gasteiger partial charge >= 0.3 is 6.09 Å². The van der Waals surface area contributed by atoms with E-state index in [4.69, 9.17) is 14.6 Å². The second kappa shape index (κ2) is 9.05. The van der Waals surface area contributed by atoms with Gasteiger partial charge in [0.05, 0.1) is 7.11 Å². The first-order valence-corrected chi connectivity index (χ1v) is 8.15. The number of aromatic hydroxyl groups is 1. The number of carbonyl (C=O) groups is 1. The summed E-state index contributed by atoms with van der Waals surface area (Å²) < 4.78 is 24.2. The van der Waals surface area contributed by atoms with Crippen LogP contribution in [0.15, 0.2) is 42.5 Å². The van der Waals surface area contributed by atoms with Crippen molar-refractivity contribution >= 4 is 11.8 Å². The van der Waals surface area contributed by atoms with Crippen molar-refractivity contribution in [1.82, 2.24) is 0 Å². The minimum Gasteiger partial charge on any atom is -0.505 e. The van der Waals surface area contributed by atoms with Gasteiger partial charge in [0.1, 0.15) is 11.9 Å². The zero-order valence-electron chi connectivity index (χ0n) is 14.6. The first kappa shape index (κ1) is 19.5. The van der Waals surface area contributed by atoms with Crippen LogP contribution in [0.1, 0.15) is 25.0 Å². The molecular formula is C19H22FNO5. The molecule has 1 amide bonds. The Hall–Kier alpha value is -2.80. The first-order valence-electron chi connectivity index (χ1n) is 8.15. The molecule has 2 aromatic rings. The Morgan fingerprint density at radius 3 is 2.50 bits per heavy atom. The molecule has 0 unspecified atom stereocenters. The summed E-state index contributed by atoms with van der Waals surface area (Å²) in [5, 5.41) is 21.1. The van der Waals surface area contributed by atoms with Crippen LogP contribution >= 0.6 is 0 Å². The lowest BCUT2D eigenvalue weighted by atomic mass is 9.94. The lowest BCUT2D eigenvalue weighted by molar-refractivity contribution is 0.0665. The van der Waals surface area contributed by atoms with E-state index in [1.54, 1.807) is 38.3 Å². The summed E-state index contributed by atoms with van der Waals surface area (Å²) in [4.78, 5) is 12.2. The molecular weight excluding hydrogens is 341 g/mol. The summed E-state index contributed by atoms with van der Waals surface area (Å²) in [6, 6.07) is 10.5. The number of aliphatic hydroxyl groups excluding tert-OH is 1. The molecule has 3 N–H and O–H groups in total. The highest BCUT2D eigenvalue weighted by Crippen LogP contribution is 2.31. The number of carbonyl (C=O) groups excluding carboxylic acids is 1. The van der Waals surface area contributed by atoms with Crippen LogP contribution in [-0.2, 0) is 4.74 Å². The SMILES string of the molecule is COc1ccc(NC(=O)O[C@H](c2ccc(O)c(F)c2)[C@H](C)CCO)cc1. The lowest BCUT2D eigenvalue weighted by Gasteiger charge is -2.24. The molecule has 0 aliphatic carbocycles. The van der Waals surface area contributed by atoms with Crippen molar-refractivity contribution in [2.45, 2.75) is 19.4 Å². The molecule has 26 heavy (non-hydrogen) atoms. The van der Waals surface area contributed by atoms with Crippen LogP contribution in [0.4, 0.5) is 14.9 Å². The predicted molar refractivity (Wildman–Crippen MR) is 94.8 cm³/mol. The van der Waals surface area contributed by atoms with E-state index in [0.29, 0.717) is 23.4 Å². The minimum atomic E-state index is -0.803. The Balaban J connectivity index is 2.14. The maximum Gasteiger partial charge on any atom is 0.412 e. The Bertz CT molecular complexity index is 735.